The number of hydrogen-bond donors (Lipinski definition) is 1. The van der Waals surface area contributed by atoms with Crippen LogP contribution in [0.4, 0.5) is 32.0 Å². The molecule has 0 unspecified atom stereocenters. The van der Waals surface area contributed by atoms with Crippen LogP contribution in [0.25, 0.3) is 0 Å². The van der Waals surface area contributed by atoms with Gasteiger partial charge in [0.25, 0.3) is 5.91 Å². The molecule has 0 heterocycles. The van der Waals surface area contributed by atoms with Crippen LogP contribution in [-0.4, -0.2) is 17.8 Å². The Bertz CT molecular complexity index is 743. The molecule has 2 rings (SSSR count). The first-order valence-electron chi connectivity index (χ1n) is 6.55. The number of thioether (sulfide) groups is 1. The molecule has 0 aliphatic heterocycles. The Morgan fingerprint density at radius 2 is 1.52 bits per heavy atom. The molecule has 0 radical (unpaired) electrons. The minimum Gasteiger partial charge on any atom is -0.406 e. The summed E-state index contributed by atoms with van der Waals surface area (Å²) in [5.41, 5.74) is -4.67. The van der Waals surface area contributed by atoms with Crippen molar-refractivity contribution in [3.63, 3.8) is 0 Å². The fourth-order valence-electron chi connectivity index (χ4n) is 1.81. The van der Waals surface area contributed by atoms with Gasteiger partial charge in [-0.1, -0.05) is 12.1 Å². The smallest absolute Gasteiger partial charge is 0.406 e. The summed E-state index contributed by atoms with van der Waals surface area (Å²) in [5, 5.41) is 2.32. The van der Waals surface area contributed by atoms with Crippen LogP contribution in [0.15, 0.2) is 53.4 Å². The summed E-state index contributed by atoms with van der Waals surface area (Å²) in [4.78, 5) is 11.8. The van der Waals surface area contributed by atoms with Crippen LogP contribution in [0, 0.1) is 0 Å². The number of ether oxygens (including phenoxy) is 1. The van der Waals surface area contributed by atoms with Crippen LogP contribution < -0.4 is 10.1 Å². The SMILES string of the molecule is O=C(Nc1ccc(OC(F)(F)F)cc1)c1ccccc1SC(F)(F)F. The lowest BCUT2D eigenvalue weighted by atomic mass is 10.2. The van der Waals surface area contributed by atoms with E-state index in [1.165, 1.54) is 18.2 Å². The average Bonchev–Trinajstić information content (AvgIpc) is 2.46. The highest BCUT2D eigenvalue weighted by Gasteiger charge is 2.32. The second-order valence-corrected chi connectivity index (χ2v) is 5.68. The summed E-state index contributed by atoms with van der Waals surface area (Å²) < 4.78 is 77.4. The maximum Gasteiger partial charge on any atom is 0.573 e. The Balaban J connectivity index is 2.12. The van der Waals surface area contributed by atoms with Crippen molar-refractivity contribution in [3.8, 4) is 5.75 Å². The van der Waals surface area contributed by atoms with Gasteiger partial charge in [-0.15, -0.1) is 13.2 Å². The first-order chi connectivity index (χ1) is 11.5. The van der Waals surface area contributed by atoms with Crippen molar-refractivity contribution in [2.24, 2.45) is 0 Å². The Morgan fingerprint density at radius 3 is 2.08 bits per heavy atom. The molecular weight excluding hydrogens is 372 g/mol. The van der Waals surface area contributed by atoms with Gasteiger partial charge in [0, 0.05) is 10.6 Å². The van der Waals surface area contributed by atoms with Crippen LogP contribution in [0.3, 0.4) is 0 Å². The molecule has 0 aromatic heterocycles. The number of alkyl halides is 6. The lowest BCUT2D eigenvalue weighted by molar-refractivity contribution is -0.274. The largest absolute Gasteiger partial charge is 0.573 e. The highest BCUT2D eigenvalue weighted by atomic mass is 32.2. The number of hydrogen-bond acceptors (Lipinski definition) is 3. The highest BCUT2D eigenvalue weighted by Crippen LogP contribution is 2.38. The third kappa shape index (κ3) is 6.22. The van der Waals surface area contributed by atoms with Crippen molar-refractivity contribution in [1.82, 2.24) is 0 Å². The number of rotatable bonds is 4. The number of nitrogens with one attached hydrogen (secondary N) is 1. The van der Waals surface area contributed by atoms with E-state index in [0.29, 0.717) is 0 Å². The normalized spacial score (nSPS) is 11.9. The van der Waals surface area contributed by atoms with Gasteiger partial charge in [-0.25, -0.2) is 0 Å². The summed E-state index contributed by atoms with van der Waals surface area (Å²) >= 11 is -0.431. The van der Waals surface area contributed by atoms with Gasteiger partial charge in [0.1, 0.15) is 5.75 Å². The fraction of sp³-hybridized carbons (Fsp3) is 0.133. The van der Waals surface area contributed by atoms with E-state index in [1.807, 2.05) is 0 Å². The van der Waals surface area contributed by atoms with Crippen molar-refractivity contribution in [2.45, 2.75) is 16.8 Å². The molecule has 0 atom stereocenters. The molecule has 25 heavy (non-hydrogen) atoms. The molecule has 134 valence electrons. The van der Waals surface area contributed by atoms with E-state index >= 15 is 0 Å². The van der Waals surface area contributed by atoms with Gasteiger partial charge in [0.2, 0.25) is 0 Å². The summed E-state index contributed by atoms with van der Waals surface area (Å²) in [5.74, 6) is -1.31. The lowest BCUT2D eigenvalue weighted by Crippen LogP contribution is -2.17. The first-order valence-corrected chi connectivity index (χ1v) is 7.37. The van der Waals surface area contributed by atoms with Crippen LogP contribution in [0.1, 0.15) is 10.4 Å². The quantitative estimate of drug-likeness (QED) is 0.565. The van der Waals surface area contributed by atoms with Gasteiger partial charge in [-0.2, -0.15) is 13.2 Å². The van der Waals surface area contributed by atoms with E-state index in [4.69, 9.17) is 0 Å². The molecule has 10 heteroatoms. The Labute approximate surface area is 142 Å². The molecule has 1 N–H and O–H groups in total. The molecule has 0 fully saturated rings. The lowest BCUT2D eigenvalue weighted by Gasteiger charge is -2.12. The predicted octanol–water partition coefficient (Wildman–Crippen LogP) is 5.45. The van der Waals surface area contributed by atoms with Crippen molar-refractivity contribution in [2.75, 3.05) is 5.32 Å². The number of benzene rings is 2. The van der Waals surface area contributed by atoms with Gasteiger partial charge in [-0.3, -0.25) is 4.79 Å². The third-order valence-electron chi connectivity index (χ3n) is 2.70. The highest BCUT2D eigenvalue weighted by molar-refractivity contribution is 8.00. The number of carbonyl (C=O) groups is 1. The van der Waals surface area contributed by atoms with Gasteiger partial charge in [0.15, 0.2) is 0 Å². The molecule has 0 aliphatic rings. The van der Waals surface area contributed by atoms with E-state index in [9.17, 15) is 31.1 Å². The van der Waals surface area contributed by atoms with E-state index in [1.54, 1.807) is 0 Å². The summed E-state index contributed by atoms with van der Waals surface area (Å²) in [7, 11) is 0. The van der Waals surface area contributed by atoms with Gasteiger partial charge in [0.05, 0.1) is 5.56 Å². The van der Waals surface area contributed by atoms with Crippen molar-refractivity contribution in [1.29, 1.82) is 0 Å². The molecule has 0 spiro atoms. The standard InChI is InChI=1S/C15H9F6NO2S/c16-14(17,18)24-10-7-5-9(6-8-10)22-13(23)11-3-1-2-4-12(11)25-15(19,20)21/h1-8H,(H,22,23). The van der Waals surface area contributed by atoms with Crippen LogP contribution in [0.5, 0.6) is 5.75 Å². The van der Waals surface area contributed by atoms with Crippen molar-refractivity contribution >= 4 is 23.4 Å². The van der Waals surface area contributed by atoms with Gasteiger partial charge < -0.3 is 10.1 Å². The molecule has 0 saturated heterocycles. The van der Waals surface area contributed by atoms with E-state index < -0.39 is 35.3 Å². The molecule has 0 saturated carbocycles. The molecule has 1 amide bonds. The topological polar surface area (TPSA) is 38.3 Å². The van der Waals surface area contributed by atoms with Crippen molar-refractivity contribution in [3.05, 3.63) is 54.1 Å². The number of amides is 1. The predicted molar refractivity (Wildman–Crippen MR) is 79.4 cm³/mol. The number of carbonyl (C=O) groups excluding carboxylic acids is 1. The molecule has 3 nitrogen and oxygen atoms in total. The van der Waals surface area contributed by atoms with Crippen LogP contribution in [-0.2, 0) is 0 Å². The maximum atomic E-state index is 12.5. The van der Waals surface area contributed by atoms with E-state index in [-0.39, 0.29) is 16.1 Å². The number of anilines is 1. The second kappa shape index (κ2) is 7.26. The van der Waals surface area contributed by atoms with E-state index in [2.05, 4.69) is 10.1 Å². The first kappa shape index (κ1) is 19.0. The summed E-state index contributed by atoms with van der Waals surface area (Å²) in [6.07, 6.45) is -4.85. The maximum absolute atomic E-state index is 12.5. The number of halogens is 6. The zero-order chi connectivity index (χ0) is 18.7. The minimum absolute atomic E-state index is 0.103. The summed E-state index contributed by atoms with van der Waals surface area (Å²) in [6.45, 7) is 0. The monoisotopic (exact) mass is 381 g/mol. The van der Waals surface area contributed by atoms with Gasteiger partial charge >= 0.3 is 11.9 Å². The van der Waals surface area contributed by atoms with E-state index in [0.717, 1.165) is 30.3 Å². The Hall–Kier alpha value is -2.36. The van der Waals surface area contributed by atoms with Gasteiger partial charge in [-0.05, 0) is 48.2 Å². The molecule has 0 bridgehead atoms. The molecule has 0 aliphatic carbocycles. The van der Waals surface area contributed by atoms with Crippen LogP contribution >= 0.6 is 11.8 Å². The average molecular weight is 381 g/mol. The molecule has 2 aromatic rings. The zero-order valence-electron chi connectivity index (χ0n) is 12.1. The molecule has 2 aromatic carbocycles. The zero-order valence-corrected chi connectivity index (χ0v) is 12.9. The Kier molecular flexibility index (Phi) is 5.51. The fourth-order valence-corrected chi connectivity index (χ4v) is 2.47. The molecular formula is C15H9F6NO2S. The second-order valence-electron chi connectivity index (χ2n) is 4.57. The van der Waals surface area contributed by atoms with Crippen LogP contribution in [0.2, 0.25) is 0 Å². The minimum atomic E-state index is -4.85. The third-order valence-corrected chi connectivity index (χ3v) is 3.51. The Morgan fingerprint density at radius 1 is 0.920 bits per heavy atom. The van der Waals surface area contributed by atoms with Crippen molar-refractivity contribution < 1.29 is 35.9 Å². The summed E-state index contributed by atoms with van der Waals surface area (Å²) in [6, 6.07) is 9.33.